The quantitative estimate of drug-likeness (QED) is 0.768. The van der Waals surface area contributed by atoms with E-state index < -0.39 is 0 Å². The third-order valence-electron chi connectivity index (χ3n) is 3.02. The summed E-state index contributed by atoms with van der Waals surface area (Å²) in [6.07, 6.45) is 0.992. The SMILES string of the molecule is CCc1cccc2c(N)c(C)c(C)nc12. The Hall–Kier alpha value is -1.57. The molecule has 78 valence electrons. The van der Waals surface area contributed by atoms with Crippen molar-refractivity contribution in [1.82, 2.24) is 4.98 Å². The van der Waals surface area contributed by atoms with E-state index in [4.69, 9.17) is 5.73 Å². The highest BCUT2D eigenvalue weighted by Crippen LogP contribution is 2.27. The first-order chi connectivity index (χ1) is 7.15. The van der Waals surface area contributed by atoms with Crippen LogP contribution in [0.15, 0.2) is 18.2 Å². The minimum atomic E-state index is 0.868. The van der Waals surface area contributed by atoms with Crippen LogP contribution in [0.2, 0.25) is 0 Å². The molecule has 1 aromatic heterocycles. The normalized spacial score (nSPS) is 10.9. The van der Waals surface area contributed by atoms with Gasteiger partial charge in [0.25, 0.3) is 0 Å². The fourth-order valence-electron chi connectivity index (χ4n) is 1.87. The molecule has 0 spiro atoms. The highest BCUT2D eigenvalue weighted by Gasteiger charge is 2.08. The van der Waals surface area contributed by atoms with Crippen LogP contribution >= 0.6 is 0 Å². The summed E-state index contributed by atoms with van der Waals surface area (Å²) in [5, 5.41) is 1.08. The van der Waals surface area contributed by atoms with Crippen molar-refractivity contribution in [2.45, 2.75) is 27.2 Å². The van der Waals surface area contributed by atoms with Crippen molar-refractivity contribution in [3.05, 3.63) is 35.0 Å². The second kappa shape index (κ2) is 3.54. The van der Waals surface area contributed by atoms with Crippen molar-refractivity contribution >= 4 is 16.6 Å². The highest BCUT2D eigenvalue weighted by atomic mass is 14.7. The molecule has 0 atom stereocenters. The molecule has 2 aromatic rings. The molecule has 2 heteroatoms. The summed E-state index contributed by atoms with van der Waals surface area (Å²) in [6.45, 7) is 6.18. The zero-order valence-corrected chi connectivity index (χ0v) is 9.46. The van der Waals surface area contributed by atoms with Crippen LogP contribution in [0, 0.1) is 13.8 Å². The lowest BCUT2D eigenvalue weighted by atomic mass is 10.0. The molecular formula is C13H16N2. The first-order valence-corrected chi connectivity index (χ1v) is 5.29. The van der Waals surface area contributed by atoms with Gasteiger partial charge in [0, 0.05) is 16.8 Å². The standard InChI is InChI=1S/C13H16N2/c1-4-10-6-5-7-11-12(14)8(2)9(3)15-13(10)11/h5-7H,4H2,1-3H3,(H2,14,15). The van der Waals surface area contributed by atoms with Gasteiger partial charge in [0.05, 0.1) is 5.52 Å². The number of hydrogen-bond acceptors (Lipinski definition) is 2. The Bertz CT molecular complexity index is 515. The number of fused-ring (bicyclic) bond motifs is 1. The Labute approximate surface area is 90.1 Å². The van der Waals surface area contributed by atoms with Gasteiger partial charge in [0.15, 0.2) is 0 Å². The fraction of sp³-hybridized carbons (Fsp3) is 0.308. The predicted octanol–water partition coefficient (Wildman–Crippen LogP) is 3.00. The number of para-hydroxylation sites is 1. The van der Waals surface area contributed by atoms with Crippen molar-refractivity contribution in [3.63, 3.8) is 0 Å². The van der Waals surface area contributed by atoms with Crippen LogP contribution < -0.4 is 5.73 Å². The number of anilines is 1. The number of nitrogens with two attached hydrogens (primary N) is 1. The average Bonchev–Trinajstić information content (AvgIpc) is 2.25. The van der Waals surface area contributed by atoms with Gasteiger partial charge in [-0.25, -0.2) is 0 Å². The van der Waals surface area contributed by atoms with E-state index in [2.05, 4.69) is 18.0 Å². The van der Waals surface area contributed by atoms with E-state index in [0.717, 1.165) is 34.3 Å². The summed E-state index contributed by atoms with van der Waals surface area (Å²) in [4.78, 5) is 4.63. The molecular weight excluding hydrogens is 184 g/mol. The summed E-state index contributed by atoms with van der Waals surface area (Å²) in [6, 6.07) is 6.21. The summed E-state index contributed by atoms with van der Waals surface area (Å²) >= 11 is 0. The van der Waals surface area contributed by atoms with Gasteiger partial charge in [-0.15, -0.1) is 0 Å². The van der Waals surface area contributed by atoms with E-state index in [1.54, 1.807) is 0 Å². The molecule has 15 heavy (non-hydrogen) atoms. The van der Waals surface area contributed by atoms with Crippen LogP contribution in [-0.4, -0.2) is 4.98 Å². The van der Waals surface area contributed by atoms with Crippen molar-refractivity contribution in [2.24, 2.45) is 0 Å². The minimum Gasteiger partial charge on any atom is -0.398 e. The zero-order valence-electron chi connectivity index (χ0n) is 9.46. The number of aromatic nitrogens is 1. The number of benzene rings is 1. The number of hydrogen-bond donors (Lipinski definition) is 1. The fourth-order valence-corrected chi connectivity index (χ4v) is 1.87. The summed E-state index contributed by atoms with van der Waals surface area (Å²) in [7, 11) is 0. The van der Waals surface area contributed by atoms with Gasteiger partial charge in [-0.3, -0.25) is 4.98 Å². The number of rotatable bonds is 1. The summed E-state index contributed by atoms with van der Waals surface area (Å²) < 4.78 is 0. The van der Waals surface area contributed by atoms with Crippen LogP contribution in [0.5, 0.6) is 0 Å². The largest absolute Gasteiger partial charge is 0.398 e. The highest BCUT2D eigenvalue weighted by molar-refractivity contribution is 5.93. The van der Waals surface area contributed by atoms with Gasteiger partial charge < -0.3 is 5.73 Å². The number of nitrogen functional groups attached to an aromatic ring is 1. The third kappa shape index (κ3) is 1.46. The Morgan fingerprint density at radius 1 is 1.27 bits per heavy atom. The van der Waals surface area contributed by atoms with Crippen molar-refractivity contribution in [3.8, 4) is 0 Å². The van der Waals surface area contributed by atoms with Gasteiger partial charge in [0.1, 0.15) is 0 Å². The summed E-state index contributed by atoms with van der Waals surface area (Å²) in [5.74, 6) is 0. The van der Waals surface area contributed by atoms with Crippen molar-refractivity contribution in [1.29, 1.82) is 0 Å². The molecule has 0 bridgehead atoms. The third-order valence-corrected chi connectivity index (χ3v) is 3.02. The Kier molecular flexibility index (Phi) is 2.35. The summed E-state index contributed by atoms with van der Waals surface area (Å²) in [5.41, 5.74) is 11.4. The van der Waals surface area contributed by atoms with Gasteiger partial charge in [-0.1, -0.05) is 25.1 Å². The molecule has 0 aliphatic carbocycles. The topological polar surface area (TPSA) is 38.9 Å². The molecule has 2 rings (SSSR count). The number of aryl methyl sites for hydroxylation is 2. The van der Waals surface area contributed by atoms with E-state index in [1.165, 1.54) is 5.56 Å². The second-order valence-corrected chi connectivity index (χ2v) is 3.90. The zero-order chi connectivity index (χ0) is 11.0. The van der Waals surface area contributed by atoms with E-state index >= 15 is 0 Å². The van der Waals surface area contributed by atoms with Crippen LogP contribution in [0.25, 0.3) is 10.9 Å². The van der Waals surface area contributed by atoms with Gasteiger partial charge >= 0.3 is 0 Å². The Balaban J connectivity index is 2.91. The number of pyridine rings is 1. The maximum Gasteiger partial charge on any atom is 0.0757 e. The first kappa shape index (κ1) is 9.97. The van der Waals surface area contributed by atoms with Crippen molar-refractivity contribution in [2.75, 3.05) is 5.73 Å². The lowest BCUT2D eigenvalue weighted by Gasteiger charge is -2.10. The molecule has 1 heterocycles. The molecule has 0 saturated carbocycles. The van der Waals surface area contributed by atoms with Crippen LogP contribution in [0.4, 0.5) is 5.69 Å². The van der Waals surface area contributed by atoms with E-state index in [0.29, 0.717) is 0 Å². The van der Waals surface area contributed by atoms with Gasteiger partial charge in [0.2, 0.25) is 0 Å². The maximum absolute atomic E-state index is 6.10. The molecule has 0 fully saturated rings. The van der Waals surface area contributed by atoms with E-state index in [-0.39, 0.29) is 0 Å². The molecule has 1 aromatic carbocycles. The monoisotopic (exact) mass is 200 g/mol. The van der Waals surface area contributed by atoms with Crippen molar-refractivity contribution < 1.29 is 0 Å². The molecule has 0 radical (unpaired) electrons. The molecule has 2 N–H and O–H groups in total. The Morgan fingerprint density at radius 3 is 2.67 bits per heavy atom. The molecule has 0 unspecified atom stereocenters. The minimum absolute atomic E-state index is 0.868. The number of nitrogens with zero attached hydrogens (tertiary/aromatic N) is 1. The Morgan fingerprint density at radius 2 is 2.00 bits per heavy atom. The van der Waals surface area contributed by atoms with Crippen LogP contribution in [-0.2, 0) is 6.42 Å². The molecule has 0 aliphatic heterocycles. The maximum atomic E-state index is 6.10. The molecule has 0 saturated heterocycles. The van der Waals surface area contributed by atoms with Crippen LogP contribution in [0.3, 0.4) is 0 Å². The predicted molar refractivity (Wildman–Crippen MR) is 65.0 cm³/mol. The average molecular weight is 200 g/mol. The molecule has 0 aliphatic rings. The smallest absolute Gasteiger partial charge is 0.0757 e. The second-order valence-electron chi connectivity index (χ2n) is 3.90. The lowest BCUT2D eigenvalue weighted by molar-refractivity contribution is 1.12. The van der Waals surface area contributed by atoms with Gasteiger partial charge in [-0.05, 0) is 31.4 Å². The van der Waals surface area contributed by atoms with E-state index in [9.17, 15) is 0 Å². The first-order valence-electron chi connectivity index (χ1n) is 5.29. The van der Waals surface area contributed by atoms with E-state index in [1.807, 2.05) is 26.0 Å². The lowest BCUT2D eigenvalue weighted by Crippen LogP contribution is -1.99. The van der Waals surface area contributed by atoms with Crippen LogP contribution in [0.1, 0.15) is 23.7 Å². The molecule has 2 nitrogen and oxygen atoms in total. The molecule has 0 amide bonds. The van der Waals surface area contributed by atoms with Gasteiger partial charge in [-0.2, -0.15) is 0 Å².